The number of hydrogen-bond acceptors (Lipinski definition) is 5. The second-order valence-electron chi connectivity index (χ2n) is 7.50. The van der Waals surface area contributed by atoms with Gasteiger partial charge in [-0.2, -0.15) is 11.8 Å². The van der Waals surface area contributed by atoms with Gasteiger partial charge in [-0.05, 0) is 38.8 Å². The van der Waals surface area contributed by atoms with Gasteiger partial charge < -0.3 is 20.1 Å². The van der Waals surface area contributed by atoms with Crippen LogP contribution in [0.2, 0.25) is 0 Å². The van der Waals surface area contributed by atoms with E-state index < -0.39 is 11.7 Å². The molecule has 140 valence electrons. The van der Waals surface area contributed by atoms with E-state index in [1.165, 1.54) is 11.1 Å². The van der Waals surface area contributed by atoms with Gasteiger partial charge in [0.05, 0.1) is 6.10 Å². The summed E-state index contributed by atoms with van der Waals surface area (Å²) in [7, 11) is 0. The second-order valence-corrected chi connectivity index (χ2v) is 8.53. The van der Waals surface area contributed by atoms with Crippen molar-refractivity contribution in [2.45, 2.75) is 51.2 Å². The number of carbonyl (C=O) groups excluding carboxylic acids is 1. The monoisotopic (exact) mass is 366 g/mol. The number of thioether (sulfide) groups is 1. The highest BCUT2D eigenvalue weighted by atomic mass is 32.2. The first-order valence-corrected chi connectivity index (χ1v) is 9.96. The summed E-state index contributed by atoms with van der Waals surface area (Å²) in [5.41, 5.74) is 2.19. The van der Waals surface area contributed by atoms with Crippen LogP contribution in [0.15, 0.2) is 24.3 Å². The Morgan fingerprint density at radius 2 is 2.16 bits per heavy atom. The fraction of sp³-hybridized carbons (Fsp3) is 0.632. The zero-order valence-corrected chi connectivity index (χ0v) is 16.4. The van der Waals surface area contributed by atoms with Crippen molar-refractivity contribution >= 4 is 17.9 Å². The van der Waals surface area contributed by atoms with E-state index in [9.17, 15) is 9.90 Å². The predicted octanol–water partition coefficient (Wildman–Crippen LogP) is 3.18. The van der Waals surface area contributed by atoms with Gasteiger partial charge >= 0.3 is 6.09 Å². The molecule has 1 amide bonds. The van der Waals surface area contributed by atoms with Crippen molar-refractivity contribution in [3.63, 3.8) is 0 Å². The smallest absolute Gasteiger partial charge is 0.410 e. The van der Waals surface area contributed by atoms with E-state index in [0.717, 1.165) is 11.5 Å². The Balaban J connectivity index is 1.92. The standard InChI is InChI=1S/C19H30N2O3S/c1-14(22)11-21(18(23)24-19(2,3)4)10-9-20-17-13-25-12-15-7-5-6-8-16(15)17/h5-8,14,17,20,22H,9-13H2,1-4H3. The fourth-order valence-electron chi connectivity index (χ4n) is 2.83. The van der Waals surface area contributed by atoms with Crippen LogP contribution >= 0.6 is 11.8 Å². The first kappa shape index (κ1) is 20.1. The number of aliphatic hydroxyl groups is 1. The van der Waals surface area contributed by atoms with E-state index in [-0.39, 0.29) is 12.6 Å². The maximum absolute atomic E-state index is 12.3. The van der Waals surface area contributed by atoms with Gasteiger partial charge in [-0.1, -0.05) is 24.3 Å². The summed E-state index contributed by atoms with van der Waals surface area (Å²) >= 11 is 1.92. The molecule has 5 nitrogen and oxygen atoms in total. The van der Waals surface area contributed by atoms with E-state index in [4.69, 9.17) is 4.74 Å². The minimum atomic E-state index is -0.585. The minimum Gasteiger partial charge on any atom is -0.444 e. The Morgan fingerprint density at radius 3 is 2.84 bits per heavy atom. The highest BCUT2D eigenvalue weighted by Crippen LogP contribution is 2.31. The Kier molecular flexibility index (Phi) is 7.16. The van der Waals surface area contributed by atoms with Crippen LogP contribution in [-0.2, 0) is 10.5 Å². The lowest BCUT2D eigenvalue weighted by atomic mass is 10.0. The lowest BCUT2D eigenvalue weighted by Gasteiger charge is -2.30. The third kappa shape index (κ3) is 6.53. The molecule has 2 atom stereocenters. The Bertz CT molecular complexity index is 572. The van der Waals surface area contributed by atoms with Crippen LogP contribution in [0.1, 0.15) is 44.9 Å². The molecule has 1 heterocycles. The maximum atomic E-state index is 12.3. The van der Waals surface area contributed by atoms with Crippen molar-refractivity contribution in [3.8, 4) is 0 Å². The average molecular weight is 367 g/mol. The van der Waals surface area contributed by atoms with Crippen molar-refractivity contribution < 1.29 is 14.6 Å². The van der Waals surface area contributed by atoms with Crippen LogP contribution in [0.4, 0.5) is 4.79 Å². The van der Waals surface area contributed by atoms with Crippen LogP contribution < -0.4 is 5.32 Å². The van der Waals surface area contributed by atoms with E-state index in [2.05, 4.69) is 29.6 Å². The zero-order valence-electron chi connectivity index (χ0n) is 15.6. The van der Waals surface area contributed by atoms with Gasteiger partial charge in [-0.3, -0.25) is 0 Å². The van der Waals surface area contributed by atoms with Gasteiger partial charge in [-0.15, -0.1) is 0 Å². The third-order valence-electron chi connectivity index (χ3n) is 3.88. The van der Waals surface area contributed by atoms with E-state index in [0.29, 0.717) is 19.1 Å². The summed E-state index contributed by atoms with van der Waals surface area (Å²) in [4.78, 5) is 13.9. The maximum Gasteiger partial charge on any atom is 0.410 e. The summed E-state index contributed by atoms with van der Waals surface area (Å²) in [6, 6.07) is 8.80. The van der Waals surface area contributed by atoms with Crippen molar-refractivity contribution in [2.75, 3.05) is 25.4 Å². The van der Waals surface area contributed by atoms with Crippen molar-refractivity contribution in [2.24, 2.45) is 0 Å². The highest BCUT2D eigenvalue weighted by Gasteiger charge is 2.24. The zero-order chi connectivity index (χ0) is 18.4. The van der Waals surface area contributed by atoms with Crippen molar-refractivity contribution in [1.82, 2.24) is 10.2 Å². The van der Waals surface area contributed by atoms with Crippen LogP contribution in [0.3, 0.4) is 0 Å². The molecule has 0 aromatic heterocycles. The quantitative estimate of drug-likeness (QED) is 0.810. The SMILES string of the molecule is CC(O)CN(CCNC1CSCc2ccccc21)C(=O)OC(C)(C)C. The first-order valence-electron chi connectivity index (χ1n) is 8.81. The summed E-state index contributed by atoms with van der Waals surface area (Å²) < 4.78 is 5.44. The molecule has 25 heavy (non-hydrogen) atoms. The van der Waals surface area contributed by atoms with E-state index in [1.54, 1.807) is 11.8 Å². The molecular weight excluding hydrogens is 336 g/mol. The number of benzene rings is 1. The molecule has 2 unspecified atom stereocenters. The van der Waals surface area contributed by atoms with Gasteiger partial charge in [0.2, 0.25) is 0 Å². The minimum absolute atomic E-state index is 0.270. The molecule has 0 fully saturated rings. The van der Waals surface area contributed by atoms with Gasteiger partial charge in [0.15, 0.2) is 0 Å². The number of amides is 1. The molecule has 1 aromatic carbocycles. The molecule has 0 bridgehead atoms. The highest BCUT2D eigenvalue weighted by molar-refractivity contribution is 7.98. The molecule has 1 aliphatic heterocycles. The largest absolute Gasteiger partial charge is 0.444 e. The van der Waals surface area contributed by atoms with Crippen molar-refractivity contribution in [1.29, 1.82) is 0 Å². The number of carbonyl (C=O) groups is 1. The van der Waals surface area contributed by atoms with Gasteiger partial charge in [-0.25, -0.2) is 4.79 Å². The average Bonchev–Trinajstić information content (AvgIpc) is 2.52. The second kappa shape index (κ2) is 8.92. The molecule has 0 saturated heterocycles. The number of fused-ring (bicyclic) bond motifs is 1. The number of nitrogens with zero attached hydrogens (tertiary/aromatic N) is 1. The third-order valence-corrected chi connectivity index (χ3v) is 4.97. The number of nitrogens with one attached hydrogen (secondary N) is 1. The lowest BCUT2D eigenvalue weighted by Crippen LogP contribution is -2.44. The Labute approximate surface area is 155 Å². The summed E-state index contributed by atoms with van der Waals surface area (Å²) in [6.45, 7) is 8.65. The predicted molar refractivity (Wildman–Crippen MR) is 103 cm³/mol. The summed E-state index contributed by atoms with van der Waals surface area (Å²) in [5, 5.41) is 13.2. The molecule has 0 aliphatic carbocycles. The molecule has 0 spiro atoms. The number of rotatable bonds is 6. The molecule has 1 aliphatic rings. The molecule has 6 heteroatoms. The number of aliphatic hydroxyl groups excluding tert-OH is 1. The Hall–Kier alpha value is -1.24. The molecule has 2 N–H and O–H groups in total. The lowest BCUT2D eigenvalue weighted by molar-refractivity contribution is 0.0163. The normalized spacial score (nSPS) is 18.4. The van der Waals surface area contributed by atoms with Crippen LogP contribution in [0.5, 0.6) is 0 Å². The number of hydrogen-bond donors (Lipinski definition) is 2. The van der Waals surface area contributed by atoms with Gasteiger partial charge in [0, 0.05) is 37.2 Å². The first-order chi connectivity index (χ1) is 11.8. The summed E-state index contributed by atoms with van der Waals surface area (Å²) in [6.07, 6.45) is -0.966. The van der Waals surface area contributed by atoms with Gasteiger partial charge in [0.1, 0.15) is 5.60 Å². The Morgan fingerprint density at radius 1 is 1.44 bits per heavy atom. The summed E-state index contributed by atoms with van der Waals surface area (Å²) in [5.74, 6) is 2.08. The van der Waals surface area contributed by atoms with Crippen LogP contribution in [0.25, 0.3) is 0 Å². The van der Waals surface area contributed by atoms with Gasteiger partial charge in [0.25, 0.3) is 0 Å². The molecule has 0 radical (unpaired) electrons. The van der Waals surface area contributed by atoms with E-state index in [1.807, 2.05) is 32.5 Å². The molecule has 0 saturated carbocycles. The topological polar surface area (TPSA) is 61.8 Å². The van der Waals surface area contributed by atoms with Crippen molar-refractivity contribution in [3.05, 3.63) is 35.4 Å². The molecule has 2 rings (SSSR count). The van der Waals surface area contributed by atoms with E-state index >= 15 is 0 Å². The molecule has 1 aromatic rings. The fourth-order valence-corrected chi connectivity index (χ4v) is 3.96. The van der Waals surface area contributed by atoms with Crippen LogP contribution in [0, 0.1) is 0 Å². The number of ether oxygens (including phenoxy) is 1. The van der Waals surface area contributed by atoms with Crippen LogP contribution in [-0.4, -0.2) is 53.2 Å². The molecular formula is C19H30N2O3S.